The maximum atomic E-state index is 8.49. The molecule has 0 aliphatic carbocycles. The lowest BCUT2D eigenvalue weighted by Crippen LogP contribution is -1.84. The van der Waals surface area contributed by atoms with Crippen LogP contribution in [-0.4, -0.2) is 4.98 Å². The molecule has 15 heavy (non-hydrogen) atoms. The van der Waals surface area contributed by atoms with E-state index < -0.39 is 0 Å². The zero-order valence-corrected chi connectivity index (χ0v) is 8.70. The number of nitrogens with zero attached hydrogens (tertiary/aromatic N) is 2. The number of nitriles is 1. The number of thiazole rings is 1. The molecule has 0 saturated heterocycles. The van der Waals surface area contributed by atoms with Gasteiger partial charge in [0.2, 0.25) is 0 Å². The van der Waals surface area contributed by atoms with Crippen LogP contribution in [-0.2, 0) is 6.42 Å². The normalized spacial score (nSPS) is 9.53. The highest BCUT2D eigenvalue weighted by Crippen LogP contribution is 2.24. The highest BCUT2D eigenvalue weighted by molar-refractivity contribution is 7.11. The third kappa shape index (κ3) is 2.55. The van der Waals surface area contributed by atoms with Crippen LogP contribution in [0.15, 0.2) is 35.7 Å². The third-order valence-corrected chi connectivity index (χ3v) is 2.51. The Bertz CT molecular complexity index is 473. The Morgan fingerprint density at radius 3 is 2.87 bits per heavy atom. The van der Waals surface area contributed by atoms with Gasteiger partial charge in [-0.15, -0.1) is 0 Å². The van der Waals surface area contributed by atoms with Gasteiger partial charge in [0, 0.05) is 5.38 Å². The van der Waals surface area contributed by atoms with Gasteiger partial charge in [0.25, 0.3) is 5.19 Å². The Morgan fingerprint density at radius 2 is 2.13 bits per heavy atom. The van der Waals surface area contributed by atoms with Gasteiger partial charge in [0.1, 0.15) is 5.75 Å². The first-order valence-corrected chi connectivity index (χ1v) is 5.31. The minimum Gasteiger partial charge on any atom is -0.431 e. The van der Waals surface area contributed by atoms with E-state index in [9.17, 15) is 0 Å². The second-order valence-electron chi connectivity index (χ2n) is 2.85. The Kier molecular flexibility index (Phi) is 2.96. The molecule has 0 N–H and O–H groups in total. The van der Waals surface area contributed by atoms with E-state index in [1.54, 1.807) is 0 Å². The summed E-state index contributed by atoms with van der Waals surface area (Å²) in [5.74, 6) is 0.760. The van der Waals surface area contributed by atoms with E-state index in [0.717, 1.165) is 11.4 Å². The van der Waals surface area contributed by atoms with Gasteiger partial charge in [-0.1, -0.05) is 29.5 Å². The molecular weight excluding hydrogens is 208 g/mol. The first-order valence-electron chi connectivity index (χ1n) is 4.43. The van der Waals surface area contributed by atoms with Crippen molar-refractivity contribution in [3.05, 3.63) is 41.4 Å². The molecule has 0 fully saturated rings. The molecule has 1 heterocycles. The topological polar surface area (TPSA) is 45.9 Å². The van der Waals surface area contributed by atoms with Gasteiger partial charge < -0.3 is 4.74 Å². The minimum absolute atomic E-state index is 0.328. The number of rotatable bonds is 3. The van der Waals surface area contributed by atoms with E-state index in [-0.39, 0.29) is 0 Å². The van der Waals surface area contributed by atoms with Crippen LogP contribution in [0.5, 0.6) is 10.9 Å². The zero-order valence-electron chi connectivity index (χ0n) is 7.88. The van der Waals surface area contributed by atoms with Crippen LogP contribution in [0, 0.1) is 11.3 Å². The van der Waals surface area contributed by atoms with E-state index in [1.165, 1.54) is 11.3 Å². The van der Waals surface area contributed by atoms with Crippen molar-refractivity contribution in [3.63, 3.8) is 0 Å². The third-order valence-electron chi connectivity index (χ3n) is 1.74. The summed E-state index contributed by atoms with van der Waals surface area (Å²) in [5, 5.41) is 10.9. The number of hydrogen-bond donors (Lipinski definition) is 0. The number of ether oxygens (including phenoxy) is 1. The monoisotopic (exact) mass is 216 g/mol. The second kappa shape index (κ2) is 4.58. The van der Waals surface area contributed by atoms with Crippen LogP contribution in [0.4, 0.5) is 0 Å². The molecule has 0 radical (unpaired) electrons. The van der Waals surface area contributed by atoms with Crippen LogP contribution in [0.3, 0.4) is 0 Å². The molecule has 1 aromatic carbocycles. The fourth-order valence-electron chi connectivity index (χ4n) is 1.09. The van der Waals surface area contributed by atoms with Crippen molar-refractivity contribution < 1.29 is 4.74 Å². The highest BCUT2D eigenvalue weighted by atomic mass is 32.1. The SMILES string of the molecule is N#CCc1csc(Oc2ccccc2)n1. The second-order valence-corrected chi connectivity index (χ2v) is 3.68. The average molecular weight is 216 g/mol. The molecule has 0 saturated carbocycles. The van der Waals surface area contributed by atoms with Gasteiger partial charge in [-0.25, -0.2) is 4.98 Å². The van der Waals surface area contributed by atoms with Gasteiger partial charge in [-0.3, -0.25) is 0 Å². The lowest BCUT2D eigenvalue weighted by atomic mass is 10.3. The lowest BCUT2D eigenvalue weighted by molar-refractivity contribution is 0.477. The van der Waals surface area contributed by atoms with Crippen LogP contribution < -0.4 is 4.74 Å². The van der Waals surface area contributed by atoms with E-state index >= 15 is 0 Å². The Morgan fingerprint density at radius 1 is 1.33 bits per heavy atom. The molecule has 1 aromatic heterocycles. The van der Waals surface area contributed by atoms with Crippen LogP contribution in [0.1, 0.15) is 5.69 Å². The smallest absolute Gasteiger partial charge is 0.278 e. The zero-order chi connectivity index (χ0) is 10.5. The highest BCUT2D eigenvalue weighted by Gasteiger charge is 2.03. The van der Waals surface area contributed by atoms with Gasteiger partial charge in [-0.05, 0) is 12.1 Å². The van der Waals surface area contributed by atoms with Gasteiger partial charge >= 0.3 is 0 Å². The maximum Gasteiger partial charge on any atom is 0.278 e. The van der Waals surface area contributed by atoms with Crippen molar-refractivity contribution in [2.24, 2.45) is 0 Å². The fourth-order valence-corrected chi connectivity index (χ4v) is 1.77. The summed E-state index contributed by atoms with van der Waals surface area (Å²) < 4.78 is 5.50. The number of para-hydroxylation sites is 1. The van der Waals surface area contributed by atoms with Gasteiger partial charge in [-0.2, -0.15) is 5.26 Å². The quantitative estimate of drug-likeness (QED) is 0.792. The van der Waals surface area contributed by atoms with Crippen molar-refractivity contribution in [2.45, 2.75) is 6.42 Å². The first kappa shape index (κ1) is 9.69. The summed E-state index contributed by atoms with van der Waals surface area (Å²) in [6.45, 7) is 0. The van der Waals surface area contributed by atoms with Crippen molar-refractivity contribution in [3.8, 4) is 17.0 Å². The Labute approximate surface area is 91.6 Å². The Hall–Kier alpha value is -1.86. The molecule has 0 aliphatic heterocycles. The average Bonchev–Trinajstić information content (AvgIpc) is 2.68. The van der Waals surface area contributed by atoms with Crippen LogP contribution in [0.25, 0.3) is 0 Å². The van der Waals surface area contributed by atoms with Gasteiger partial charge in [0.15, 0.2) is 0 Å². The van der Waals surface area contributed by atoms with Crippen molar-refractivity contribution in [1.82, 2.24) is 4.98 Å². The van der Waals surface area contributed by atoms with E-state index in [4.69, 9.17) is 10.00 Å². The van der Waals surface area contributed by atoms with Crippen molar-refractivity contribution in [1.29, 1.82) is 5.26 Å². The van der Waals surface area contributed by atoms with E-state index in [0.29, 0.717) is 11.6 Å². The van der Waals surface area contributed by atoms with Crippen molar-refractivity contribution >= 4 is 11.3 Å². The van der Waals surface area contributed by atoms with Crippen LogP contribution in [0.2, 0.25) is 0 Å². The number of benzene rings is 1. The molecule has 0 spiro atoms. The minimum atomic E-state index is 0.328. The Balaban J connectivity index is 2.09. The summed E-state index contributed by atoms with van der Waals surface area (Å²) in [4.78, 5) is 4.17. The molecule has 0 aliphatic rings. The molecular formula is C11H8N2OS. The molecule has 0 amide bonds. The fraction of sp³-hybridized carbons (Fsp3) is 0.0909. The standard InChI is InChI=1S/C11H8N2OS/c12-7-6-9-8-15-11(13-9)14-10-4-2-1-3-5-10/h1-5,8H,6H2. The molecule has 0 bridgehead atoms. The predicted octanol–water partition coefficient (Wildman–Crippen LogP) is 3.00. The molecule has 2 rings (SSSR count). The summed E-state index contributed by atoms with van der Waals surface area (Å²) in [7, 11) is 0. The molecule has 74 valence electrons. The van der Waals surface area contributed by atoms with Gasteiger partial charge in [0.05, 0.1) is 18.2 Å². The summed E-state index contributed by atoms with van der Waals surface area (Å²) in [6.07, 6.45) is 0.328. The van der Waals surface area contributed by atoms with Crippen molar-refractivity contribution in [2.75, 3.05) is 0 Å². The van der Waals surface area contributed by atoms with Crippen LogP contribution >= 0.6 is 11.3 Å². The first-order chi connectivity index (χ1) is 7.38. The summed E-state index contributed by atoms with van der Waals surface area (Å²) in [5.41, 5.74) is 0.758. The van der Waals surface area contributed by atoms with E-state index in [2.05, 4.69) is 4.98 Å². The largest absolute Gasteiger partial charge is 0.431 e. The summed E-state index contributed by atoms with van der Waals surface area (Å²) in [6, 6.07) is 11.5. The molecule has 0 unspecified atom stereocenters. The van der Waals surface area contributed by atoms with E-state index in [1.807, 2.05) is 41.8 Å². The predicted molar refractivity (Wildman–Crippen MR) is 57.9 cm³/mol. The molecule has 2 aromatic rings. The summed E-state index contributed by atoms with van der Waals surface area (Å²) >= 11 is 1.40. The number of aromatic nitrogens is 1. The maximum absolute atomic E-state index is 8.49. The molecule has 0 atom stereocenters. The lowest BCUT2D eigenvalue weighted by Gasteiger charge is -1.99. The number of hydrogen-bond acceptors (Lipinski definition) is 4. The molecule has 4 heteroatoms. The molecule has 3 nitrogen and oxygen atoms in total.